The lowest BCUT2D eigenvalue weighted by atomic mass is 9.96. The molecule has 0 aromatic carbocycles. The summed E-state index contributed by atoms with van der Waals surface area (Å²) in [6.07, 6.45) is 15.6. The van der Waals surface area contributed by atoms with Crippen LogP contribution < -0.4 is 10.2 Å². The second kappa shape index (κ2) is 11.0. The molecule has 3 rings (SSSR count). The maximum absolute atomic E-state index is 13.1. The first kappa shape index (κ1) is 21.4. The summed E-state index contributed by atoms with van der Waals surface area (Å²) >= 11 is 2.43. The first-order chi connectivity index (χ1) is 13.7. The van der Waals surface area contributed by atoms with Crippen molar-refractivity contribution in [1.29, 1.82) is 0 Å². The molecule has 1 amide bonds. The van der Waals surface area contributed by atoms with Gasteiger partial charge in [-0.2, -0.15) is 0 Å². The van der Waals surface area contributed by atoms with Crippen LogP contribution in [0.3, 0.4) is 0 Å². The number of anilines is 2. The monoisotopic (exact) mass is 496 g/mol. The first-order valence-corrected chi connectivity index (χ1v) is 12.3. The number of aromatic nitrogens is 2. The van der Waals surface area contributed by atoms with Crippen molar-refractivity contribution in [3.8, 4) is 0 Å². The van der Waals surface area contributed by atoms with E-state index in [0.717, 1.165) is 61.1 Å². The van der Waals surface area contributed by atoms with Crippen molar-refractivity contribution in [2.24, 2.45) is 5.92 Å². The molecular formula is C22H33IN4O. The van der Waals surface area contributed by atoms with Gasteiger partial charge in [0.15, 0.2) is 0 Å². The summed E-state index contributed by atoms with van der Waals surface area (Å²) in [4.78, 5) is 23.1. The normalized spacial score (nSPS) is 16.4. The molecule has 0 bridgehead atoms. The van der Waals surface area contributed by atoms with Crippen molar-refractivity contribution >= 4 is 50.9 Å². The topological polar surface area (TPSA) is 61.0 Å². The highest BCUT2D eigenvalue weighted by Gasteiger charge is 2.22. The second-order valence-corrected chi connectivity index (χ2v) is 9.04. The van der Waals surface area contributed by atoms with E-state index >= 15 is 0 Å². The highest BCUT2D eigenvalue weighted by atomic mass is 127. The third-order valence-electron chi connectivity index (χ3n) is 5.80. The summed E-state index contributed by atoms with van der Waals surface area (Å²) in [6, 6.07) is 2.06. The van der Waals surface area contributed by atoms with Crippen LogP contribution in [-0.4, -0.2) is 33.9 Å². The number of carbonyl (C=O) groups excluding carboxylic acids is 1. The molecule has 0 atom stereocenters. The number of rotatable bonds is 7. The third-order valence-corrected chi connectivity index (χ3v) is 6.56. The Morgan fingerprint density at radius 2 is 1.93 bits per heavy atom. The fourth-order valence-corrected chi connectivity index (χ4v) is 4.72. The van der Waals surface area contributed by atoms with E-state index in [9.17, 15) is 4.79 Å². The number of nitrogens with one attached hydrogen (secondary N) is 2. The van der Waals surface area contributed by atoms with Gasteiger partial charge < -0.3 is 15.2 Å². The Hall–Kier alpha value is -1.31. The summed E-state index contributed by atoms with van der Waals surface area (Å²) in [7, 11) is 2.12. The van der Waals surface area contributed by atoms with Crippen LogP contribution in [0.4, 0.5) is 11.4 Å². The van der Waals surface area contributed by atoms with Crippen LogP contribution >= 0.6 is 22.6 Å². The molecule has 0 aliphatic heterocycles. The van der Waals surface area contributed by atoms with Gasteiger partial charge in [-0.05, 0) is 36.2 Å². The van der Waals surface area contributed by atoms with E-state index in [1.807, 2.05) is 12.4 Å². The molecule has 0 saturated heterocycles. The molecule has 154 valence electrons. The lowest BCUT2D eigenvalue weighted by molar-refractivity contribution is -0.120. The van der Waals surface area contributed by atoms with Gasteiger partial charge in [0.2, 0.25) is 5.91 Å². The van der Waals surface area contributed by atoms with Crippen LogP contribution in [0.5, 0.6) is 0 Å². The minimum Gasteiger partial charge on any atom is -0.372 e. The molecule has 1 saturated carbocycles. The van der Waals surface area contributed by atoms with Crippen LogP contribution in [0.2, 0.25) is 0 Å². The van der Waals surface area contributed by atoms with Crippen LogP contribution in [0.25, 0.3) is 11.0 Å². The van der Waals surface area contributed by atoms with E-state index in [1.54, 1.807) is 0 Å². The molecule has 5 nitrogen and oxygen atoms in total. The smallest absolute Gasteiger partial charge is 0.227 e. The Morgan fingerprint density at radius 1 is 1.21 bits per heavy atom. The maximum Gasteiger partial charge on any atom is 0.227 e. The molecule has 2 N–H and O–H groups in total. The highest BCUT2D eigenvalue weighted by Crippen LogP contribution is 2.33. The Labute approximate surface area is 182 Å². The average molecular weight is 496 g/mol. The van der Waals surface area contributed by atoms with E-state index in [0.29, 0.717) is 0 Å². The Balaban J connectivity index is 1.78. The summed E-state index contributed by atoms with van der Waals surface area (Å²) in [5.41, 5.74) is 2.79. The number of fused-ring (bicyclic) bond motifs is 1. The summed E-state index contributed by atoms with van der Waals surface area (Å²) < 4.78 is 1.17. The van der Waals surface area contributed by atoms with Gasteiger partial charge in [-0.3, -0.25) is 4.79 Å². The van der Waals surface area contributed by atoms with Crippen molar-refractivity contribution in [3.05, 3.63) is 18.5 Å². The van der Waals surface area contributed by atoms with Gasteiger partial charge in [-0.1, -0.05) is 61.1 Å². The van der Waals surface area contributed by atoms with Gasteiger partial charge in [0, 0.05) is 31.1 Å². The lowest BCUT2D eigenvalue weighted by Crippen LogP contribution is -2.26. The molecule has 0 radical (unpaired) electrons. The van der Waals surface area contributed by atoms with Crippen molar-refractivity contribution in [2.45, 2.75) is 64.2 Å². The van der Waals surface area contributed by atoms with Crippen LogP contribution in [0.1, 0.15) is 64.2 Å². The van der Waals surface area contributed by atoms with E-state index in [4.69, 9.17) is 0 Å². The Bertz CT molecular complexity index is 750. The molecule has 1 aliphatic rings. The number of aromatic amines is 1. The van der Waals surface area contributed by atoms with Gasteiger partial charge in [0.1, 0.15) is 5.65 Å². The van der Waals surface area contributed by atoms with Crippen molar-refractivity contribution in [3.63, 3.8) is 0 Å². The Morgan fingerprint density at radius 3 is 2.64 bits per heavy atom. The van der Waals surface area contributed by atoms with Crippen LogP contribution in [0, 0.1) is 5.92 Å². The zero-order valence-corrected chi connectivity index (χ0v) is 19.1. The second-order valence-electron chi connectivity index (χ2n) is 7.96. The number of nitrogens with zero attached hydrogens (tertiary/aromatic N) is 2. The fourth-order valence-electron chi connectivity index (χ4n) is 4.18. The van der Waals surface area contributed by atoms with E-state index in [-0.39, 0.29) is 11.8 Å². The largest absolute Gasteiger partial charge is 0.372 e. The summed E-state index contributed by atoms with van der Waals surface area (Å²) in [5.74, 6) is 0.290. The Kier molecular flexibility index (Phi) is 8.43. The quantitative estimate of drug-likeness (QED) is 0.285. The molecule has 1 fully saturated rings. The number of unbranched alkanes of at least 4 members (excludes halogenated alkanes) is 1. The molecule has 2 heterocycles. The number of hydrogen-bond acceptors (Lipinski definition) is 3. The average Bonchev–Trinajstić information content (AvgIpc) is 3.20. The highest BCUT2D eigenvalue weighted by molar-refractivity contribution is 14.1. The number of amides is 1. The van der Waals surface area contributed by atoms with E-state index in [2.05, 4.69) is 55.9 Å². The van der Waals surface area contributed by atoms with Gasteiger partial charge in [-0.15, -0.1) is 0 Å². The number of pyridine rings is 1. The van der Waals surface area contributed by atoms with Crippen molar-refractivity contribution in [2.75, 3.05) is 28.2 Å². The van der Waals surface area contributed by atoms with Crippen LogP contribution in [0.15, 0.2) is 18.5 Å². The van der Waals surface area contributed by atoms with Gasteiger partial charge in [0.05, 0.1) is 17.6 Å². The zero-order valence-electron chi connectivity index (χ0n) is 17.0. The zero-order chi connectivity index (χ0) is 19.8. The lowest BCUT2D eigenvalue weighted by Gasteiger charge is -2.24. The van der Waals surface area contributed by atoms with E-state index in [1.165, 1.54) is 36.5 Å². The minimum atomic E-state index is 0.122. The summed E-state index contributed by atoms with van der Waals surface area (Å²) in [5, 5.41) is 4.32. The number of carbonyl (C=O) groups is 1. The molecule has 0 spiro atoms. The molecule has 6 heteroatoms. The molecule has 0 unspecified atom stereocenters. The number of alkyl halides is 1. The molecule has 2 aromatic heterocycles. The minimum absolute atomic E-state index is 0.122. The molecular weight excluding hydrogens is 463 g/mol. The maximum atomic E-state index is 13.1. The van der Waals surface area contributed by atoms with Crippen LogP contribution in [-0.2, 0) is 4.79 Å². The van der Waals surface area contributed by atoms with Crippen molar-refractivity contribution in [1.82, 2.24) is 9.97 Å². The van der Waals surface area contributed by atoms with Crippen molar-refractivity contribution < 1.29 is 4.79 Å². The van der Waals surface area contributed by atoms with Gasteiger partial charge in [-0.25, -0.2) is 4.98 Å². The van der Waals surface area contributed by atoms with Gasteiger partial charge >= 0.3 is 0 Å². The molecule has 2 aromatic rings. The first-order valence-electron chi connectivity index (χ1n) is 10.7. The number of H-pyrrole nitrogens is 1. The fraction of sp³-hybridized carbons (Fsp3) is 0.636. The van der Waals surface area contributed by atoms with Gasteiger partial charge in [0.25, 0.3) is 0 Å². The third kappa shape index (κ3) is 5.61. The standard InChI is InChI=1S/C22H33IN4O/c1-27(15-9-8-13-23)20-18-12-14-24-21(18)25-16-19(20)26-22(28)17-10-6-4-2-3-5-7-11-17/h12,14,16-17H,2-11,13,15H2,1H3,(H,24,25)(H,26,28). The number of hydrogen-bond donors (Lipinski definition) is 2. The molecule has 1 aliphatic carbocycles. The SMILES string of the molecule is CN(CCCCI)c1c(NC(=O)C2CCCCCCCC2)cnc2[nH]ccc12. The number of halogens is 1. The molecule has 28 heavy (non-hydrogen) atoms. The predicted molar refractivity (Wildman–Crippen MR) is 127 cm³/mol. The predicted octanol–water partition coefficient (Wildman–Crippen LogP) is 5.90. The van der Waals surface area contributed by atoms with E-state index < -0.39 is 0 Å². The summed E-state index contributed by atoms with van der Waals surface area (Å²) in [6.45, 7) is 0.972.